The summed E-state index contributed by atoms with van der Waals surface area (Å²) in [7, 11) is 0. The minimum atomic E-state index is -1.50. The second-order valence-corrected chi connectivity index (χ2v) is 5.51. The van der Waals surface area contributed by atoms with Gasteiger partial charge in [0.05, 0.1) is 5.69 Å². The third-order valence-electron chi connectivity index (χ3n) is 3.88. The Kier molecular flexibility index (Phi) is 4.64. The van der Waals surface area contributed by atoms with E-state index in [0.29, 0.717) is 5.82 Å². The van der Waals surface area contributed by atoms with E-state index in [9.17, 15) is 13.2 Å². The van der Waals surface area contributed by atoms with Gasteiger partial charge in [-0.1, -0.05) is 12.8 Å². The molecule has 1 aromatic heterocycles. The molecule has 0 bridgehead atoms. The maximum absolute atomic E-state index is 13.7. The lowest BCUT2D eigenvalue weighted by molar-refractivity contribution is 0.449. The van der Waals surface area contributed by atoms with Gasteiger partial charge in [0.15, 0.2) is 17.5 Å². The summed E-state index contributed by atoms with van der Waals surface area (Å²) in [5, 5.41) is 2.68. The number of halogens is 3. The molecule has 0 aliphatic carbocycles. The van der Waals surface area contributed by atoms with Crippen LogP contribution >= 0.6 is 0 Å². The zero-order chi connectivity index (χ0) is 16.2. The van der Waals surface area contributed by atoms with Gasteiger partial charge in [-0.2, -0.15) is 0 Å². The second-order valence-electron chi connectivity index (χ2n) is 5.51. The zero-order valence-corrected chi connectivity index (χ0v) is 12.5. The van der Waals surface area contributed by atoms with Crippen LogP contribution in [0.15, 0.2) is 24.5 Å². The van der Waals surface area contributed by atoms with E-state index in [2.05, 4.69) is 20.2 Å². The number of nitrogens with zero attached hydrogens (tertiary/aromatic N) is 3. The average molecular weight is 322 g/mol. The highest BCUT2D eigenvalue weighted by Crippen LogP contribution is 2.24. The predicted octanol–water partition coefficient (Wildman–Crippen LogP) is 4.02. The van der Waals surface area contributed by atoms with Gasteiger partial charge in [0.1, 0.15) is 18.0 Å². The topological polar surface area (TPSA) is 41.0 Å². The van der Waals surface area contributed by atoms with Crippen LogP contribution < -0.4 is 10.2 Å². The van der Waals surface area contributed by atoms with Gasteiger partial charge in [-0.15, -0.1) is 0 Å². The van der Waals surface area contributed by atoms with Gasteiger partial charge < -0.3 is 10.2 Å². The molecule has 1 aliphatic heterocycles. The summed E-state index contributed by atoms with van der Waals surface area (Å²) in [6, 6.07) is 3.70. The van der Waals surface area contributed by atoms with Crippen molar-refractivity contribution in [3.63, 3.8) is 0 Å². The van der Waals surface area contributed by atoms with E-state index in [1.807, 2.05) is 0 Å². The van der Waals surface area contributed by atoms with Crippen LogP contribution in [0.1, 0.15) is 25.7 Å². The van der Waals surface area contributed by atoms with Crippen molar-refractivity contribution < 1.29 is 13.2 Å². The Labute approximate surface area is 132 Å². The Morgan fingerprint density at radius 1 is 0.913 bits per heavy atom. The van der Waals surface area contributed by atoms with E-state index < -0.39 is 17.5 Å². The maximum Gasteiger partial charge on any atom is 0.196 e. The number of nitrogens with one attached hydrogen (secondary N) is 1. The maximum atomic E-state index is 13.7. The van der Waals surface area contributed by atoms with Crippen molar-refractivity contribution in [3.05, 3.63) is 42.0 Å². The molecule has 3 rings (SSSR count). The van der Waals surface area contributed by atoms with Gasteiger partial charge >= 0.3 is 0 Å². The van der Waals surface area contributed by atoms with Crippen LogP contribution in [-0.2, 0) is 0 Å². The monoisotopic (exact) mass is 322 g/mol. The van der Waals surface area contributed by atoms with Crippen LogP contribution in [0.4, 0.5) is 30.5 Å². The Morgan fingerprint density at radius 3 is 2.39 bits per heavy atom. The number of benzene rings is 1. The highest BCUT2D eigenvalue weighted by Gasteiger charge is 2.15. The normalized spacial score (nSPS) is 15.3. The van der Waals surface area contributed by atoms with E-state index >= 15 is 0 Å². The third kappa shape index (κ3) is 3.55. The Hall–Kier alpha value is -2.31. The van der Waals surface area contributed by atoms with Crippen LogP contribution in [0.3, 0.4) is 0 Å². The Bertz CT molecular complexity index is 685. The molecule has 1 aliphatic rings. The van der Waals surface area contributed by atoms with Gasteiger partial charge in [0.2, 0.25) is 0 Å². The summed E-state index contributed by atoms with van der Waals surface area (Å²) in [5.74, 6) is -2.91. The van der Waals surface area contributed by atoms with Gasteiger partial charge in [-0.05, 0) is 25.0 Å². The first-order valence-corrected chi connectivity index (χ1v) is 7.62. The van der Waals surface area contributed by atoms with Crippen molar-refractivity contribution in [1.29, 1.82) is 0 Å². The highest BCUT2D eigenvalue weighted by molar-refractivity contribution is 5.60. The molecule has 0 amide bonds. The number of hydrogen-bond donors (Lipinski definition) is 1. The van der Waals surface area contributed by atoms with Crippen LogP contribution in [0.2, 0.25) is 0 Å². The number of aromatic nitrogens is 2. The molecule has 0 atom stereocenters. The molecule has 122 valence electrons. The predicted molar refractivity (Wildman–Crippen MR) is 82.3 cm³/mol. The van der Waals surface area contributed by atoms with Crippen LogP contribution in [0, 0.1) is 17.5 Å². The molecular weight excluding hydrogens is 305 g/mol. The van der Waals surface area contributed by atoms with Gasteiger partial charge in [0.25, 0.3) is 0 Å². The van der Waals surface area contributed by atoms with Crippen LogP contribution in [-0.4, -0.2) is 23.1 Å². The third-order valence-corrected chi connectivity index (χ3v) is 3.88. The first-order chi connectivity index (χ1) is 11.1. The lowest BCUT2D eigenvalue weighted by Gasteiger charge is -2.21. The Balaban J connectivity index is 1.81. The van der Waals surface area contributed by atoms with Gasteiger partial charge in [0, 0.05) is 19.2 Å². The molecule has 1 N–H and O–H groups in total. The van der Waals surface area contributed by atoms with Crippen molar-refractivity contribution >= 4 is 17.3 Å². The van der Waals surface area contributed by atoms with Crippen LogP contribution in [0.5, 0.6) is 0 Å². The zero-order valence-electron chi connectivity index (χ0n) is 12.5. The minimum absolute atomic E-state index is 0.163. The summed E-state index contributed by atoms with van der Waals surface area (Å²) in [6.45, 7) is 1.83. The number of anilines is 3. The molecule has 0 spiro atoms. The van der Waals surface area contributed by atoms with Crippen LogP contribution in [0.25, 0.3) is 0 Å². The molecule has 4 nitrogen and oxygen atoms in total. The molecule has 1 saturated heterocycles. The first-order valence-electron chi connectivity index (χ1n) is 7.62. The molecule has 1 fully saturated rings. The summed E-state index contributed by atoms with van der Waals surface area (Å²) in [4.78, 5) is 10.4. The van der Waals surface area contributed by atoms with Crippen molar-refractivity contribution in [2.45, 2.75) is 25.7 Å². The summed E-state index contributed by atoms with van der Waals surface area (Å²) < 4.78 is 40.0. The molecule has 23 heavy (non-hydrogen) atoms. The van der Waals surface area contributed by atoms with Crippen molar-refractivity contribution in [3.8, 4) is 0 Å². The lowest BCUT2D eigenvalue weighted by Crippen LogP contribution is -2.25. The molecule has 0 unspecified atom stereocenters. The fraction of sp³-hybridized carbons (Fsp3) is 0.375. The minimum Gasteiger partial charge on any atom is -0.356 e. The number of hydrogen-bond acceptors (Lipinski definition) is 4. The van der Waals surface area contributed by atoms with Crippen molar-refractivity contribution in [2.75, 3.05) is 23.3 Å². The largest absolute Gasteiger partial charge is 0.356 e. The summed E-state index contributed by atoms with van der Waals surface area (Å²) in [5.41, 5.74) is -0.163. The molecular formula is C16H17F3N4. The Morgan fingerprint density at radius 2 is 1.65 bits per heavy atom. The molecule has 0 saturated carbocycles. The lowest BCUT2D eigenvalue weighted by atomic mass is 10.2. The SMILES string of the molecule is Fc1ccc(Nc2cc(N3CCCCCC3)ncn2)c(F)c1F. The average Bonchev–Trinajstić information content (AvgIpc) is 2.85. The van der Waals surface area contributed by atoms with E-state index in [-0.39, 0.29) is 5.69 Å². The van der Waals surface area contributed by atoms with E-state index in [1.54, 1.807) is 6.07 Å². The molecule has 1 aromatic carbocycles. The molecule has 2 heterocycles. The number of rotatable bonds is 3. The molecule has 0 radical (unpaired) electrons. The molecule has 7 heteroatoms. The fourth-order valence-corrected chi connectivity index (χ4v) is 2.65. The quantitative estimate of drug-likeness (QED) is 0.867. The van der Waals surface area contributed by atoms with E-state index in [0.717, 1.165) is 43.9 Å². The van der Waals surface area contributed by atoms with Crippen molar-refractivity contribution in [2.24, 2.45) is 0 Å². The van der Waals surface area contributed by atoms with E-state index in [4.69, 9.17) is 0 Å². The standard InChI is InChI=1S/C16H17F3N4/c17-11-5-6-12(16(19)15(11)18)22-13-9-14(21-10-20-13)23-7-3-1-2-4-8-23/h5-6,9-10H,1-4,7-8H2,(H,20,21,22). The van der Waals surface area contributed by atoms with E-state index in [1.165, 1.54) is 19.2 Å². The first kappa shape index (κ1) is 15.6. The van der Waals surface area contributed by atoms with Crippen molar-refractivity contribution in [1.82, 2.24) is 9.97 Å². The summed E-state index contributed by atoms with van der Waals surface area (Å²) in [6.07, 6.45) is 5.98. The van der Waals surface area contributed by atoms with Gasteiger partial charge in [-0.25, -0.2) is 23.1 Å². The highest BCUT2D eigenvalue weighted by atomic mass is 19.2. The smallest absolute Gasteiger partial charge is 0.196 e. The molecule has 2 aromatic rings. The fourth-order valence-electron chi connectivity index (χ4n) is 2.65. The van der Waals surface area contributed by atoms with Gasteiger partial charge in [-0.3, -0.25) is 0 Å². The summed E-state index contributed by atoms with van der Waals surface area (Å²) >= 11 is 0. The second kappa shape index (κ2) is 6.85.